The van der Waals surface area contributed by atoms with Crippen molar-refractivity contribution < 1.29 is 19.4 Å². The van der Waals surface area contributed by atoms with Gasteiger partial charge in [0.05, 0.1) is 16.9 Å². The van der Waals surface area contributed by atoms with Crippen molar-refractivity contribution in [3.63, 3.8) is 0 Å². The lowest BCUT2D eigenvalue weighted by molar-refractivity contribution is 0.0995. The lowest BCUT2D eigenvalue weighted by Crippen LogP contribution is -2.16. The molecule has 184 valence electrons. The number of benzene rings is 2. The molecule has 0 bridgehead atoms. The van der Waals surface area contributed by atoms with Gasteiger partial charge in [0, 0.05) is 31.0 Å². The van der Waals surface area contributed by atoms with Gasteiger partial charge in [-0.3, -0.25) is 4.79 Å². The first-order valence-electron chi connectivity index (χ1n) is 12.1. The van der Waals surface area contributed by atoms with E-state index in [1.54, 1.807) is 19.2 Å². The van der Waals surface area contributed by atoms with Crippen molar-refractivity contribution in [3.05, 3.63) is 70.7 Å². The summed E-state index contributed by atoms with van der Waals surface area (Å²) in [5.41, 5.74) is 4.08. The van der Waals surface area contributed by atoms with Gasteiger partial charge in [-0.2, -0.15) is 0 Å². The number of aryl methyl sites for hydroxylation is 2. The van der Waals surface area contributed by atoms with E-state index in [0.717, 1.165) is 36.1 Å². The molecule has 0 saturated heterocycles. The summed E-state index contributed by atoms with van der Waals surface area (Å²) in [6.45, 7) is 6.10. The topological polar surface area (TPSA) is 94.5 Å². The van der Waals surface area contributed by atoms with Crippen molar-refractivity contribution in [1.29, 1.82) is 0 Å². The van der Waals surface area contributed by atoms with E-state index in [4.69, 9.17) is 0 Å². The maximum atomic E-state index is 14.5. The number of nitrogens with zero attached hydrogens (tertiary/aromatic N) is 1. The lowest BCUT2D eigenvalue weighted by Gasteiger charge is -2.20. The maximum Gasteiger partial charge on any atom is 0.173 e. The van der Waals surface area contributed by atoms with Crippen LogP contribution < -0.4 is 10.6 Å². The summed E-state index contributed by atoms with van der Waals surface area (Å²) < 4.78 is 14.5. The number of phenols is 1. The quantitative estimate of drug-likeness (QED) is 0.316. The fourth-order valence-corrected chi connectivity index (χ4v) is 4.55. The van der Waals surface area contributed by atoms with Crippen LogP contribution in [-0.4, -0.2) is 27.6 Å². The van der Waals surface area contributed by atoms with Crippen LogP contribution in [0, 0.1) is 24.6 Å². The van der Waals surface area contributed by atoms with Gasteiger partial charge < -0.3 is 20.8 Å². The van der Waals surface area contributed by atoms with Gasteiger partial charge in [0.25, 0.3) is 0 Å². The normalized spacial score (nSPS) is 14.4. The molecule has 35 heavy (non-hydrogen) atoms. The van der Waals surface area contributed by atoms with E-state index >= 15 is 0 Å². The van der Waals surface area contributed by atoms with E-state index in [9.17, 15) is 19.4 Å². The molecule has 0 unspecified atom stereocenters. The van der Waals surface area contributed by atoms with E-state index < -0.39 is 5.82 Å². The average molecular weight is 478 g/mol. The molecule has 6 nitrogen and oxygen atoms in total. The van der Waals surface area contributed by atoms with E-state index in [0.29, 0.717) is 28.6 Å². The molecule has 2 heterocycles. The first-order valence-corrected chi connectivity index (χ1v) is 12.1. The van der Waals surface area contributed by atoms with Crippen LogP contribution in [0.2, 0.25) is 0 Å². The molecular weight excluding hydrogens is 445 g/mol. The van der Waals surface area contributed by atoms with Crippen molar-refractivity contribution in [1.82, 2.24) is 4.98 Å². The Morgan fingerprint density at radius 2 is 2.00 bits per heavy atom. The number of aromatic hydroxyl groups is 1. The molecule has 2 aromatic carbocycles. The third-order valence-electron chi connectivity index (χ3n) is 7.05. The van der Waals surface area contributed by atoms with Crippen molar-refractivity contribution in [2.75, 3.05) is 17.2 Å². The maximum absolute atomic E-state index is 14.5. The van der Waals surface area contributed by atoms with Crippen LogP contribution in [0.5, 0.6) is 5.75 Å². The average Bonchev–Trinajstić information content (AvgIpc) is 2.98. The van der Waals surface area contributed by atoms with Crippen LogP contribution in [-0.2, 0) is 12.8 Å². The van der Waals surface area contributed by atoms with E-state index in [2.05, 4.69) is 29.5 Å². The zero-order chi connectivity index (χ0) is 25.1. The number of fused-ring (bicyclic) bond motifs is 2. The Morgan fingerprint density at radius 3 is 2.74 bits per heavy atom. The highest BCUT2D eigenvalue weighted by atomic mass is 19.1. The SMILES string of the molecule is CC[C@@H](C)[C@@H](CO)CCc1ccc2c(c1)CC(=O)c1c(Nc3cc(O)c(C)cc3F)ccnc1N2. The van der Waals surface area contributed by atoms with Crippen LogP contribution in [0.3, 0.4) is 0 Å². The minimum absolute atomic E-state index is 0.0322. The number of hydrogen-bond donors (Lipinski definition) is 4. The molecule has 0 aliphatic carbocycles. The number of aliphatic hydroxyl groups excluding tert-OH is 1. The predicted octanol–water partition coefficient (Wildman–Crippen LogP) is 6.05. The third-order valence-corrected chi connectivity index (χ3v) is 7.05. The molecule has 0 fully saturated rings. The van der Waals surface area contributed by atoms with Gasteiger partial charge in [0.1, 0.15) is 17.4 Å². The van der Waals surface area contributed by atoms with Gasteiger partial charge in [0.2, 0.25) is 0 Å². The minimum atomic E-state index is -0.522. The molecule has 0 saturated carbocycles. The van der Waals surface area contributed by atoms with Crippen LogP contribution in [0.25, 0.3) is 0 Å². The van der Waals surface area contributed by atoms with Gasteiger partial charge in [-0.05, 0) is 66.5 Å². The van der Waals surface area contributed by atoms with Gasteiger partial charge >= 0.3 is 0 Å². The summed E-state index contributed by atoms with van der Waals surface area (Å²) in [7, 11) is 0. The molecule has 4 N–H and O–H groups in total. The molecule has 0 radical (unpaired) electrons. The fraction of sp³-hybridized carbons (Fsp3) is 0.357. The van der Waals surface area contributed by atoms with Crippen molar-refractivity contribution >= 4 is 28.7 Å². The Hall–Kier alpha value is -3.45. The third kappa shape index (κ3) is 5.30. The highest BCUT2D eigenvalue weighted by Gasteiger charge is 2.25. The highest BCUT2D eigenvalue weighted by molar-refractivity contribution is 6.09. The lowest BCUT2D eigenvalue weighted by atomic mass is 9.87. The van der Waals surface area contributed by atoms with Crippen LogP contribution >= 0.6 is 0 Å². The predicted molar refractivity (Wildman–Crippen MR) is 136 cm³/mol. The number of ketones is 1. The number of hydrogen-bond acceptors (Lipinski definition) is 6. The number of carbonyl (C=O) groups is 1. The second kappa shape index (κ2) is 10.4. The Labute approximate surface area is 205 Å². The van der Waals surface area contributed by atoms with Gasteiger partial charge in [0.15, 0.2) is 5.78 Å². The molecule has 2 atom stereocenters. The number of aliphatic hydroxyl groups is 1. The van der Waals surface area contributed by atoms with Gasteiger partial charge in [-0.25, -0.2) is 9.37 Å². The first kappa shape index (κ1) is 24.7. The number of carbonyl (C=O) groups excluding carboxylic acids is 1. The first-order chi connectivity index (χ1) is 16.8. The summed E-state index contributed by atoms with van der Waals surface area (Å²) in [5, 5.41) is 26.0. The number of rotatable bonds is 8. The summed E-state index contributed by atoms with van der Waals surface area (Å²) >= 11 is 0. The van der Waals surface area contributed by atoms with Crippen molar-refractivity contribution in [3.8, 4) is 5.75 Å². The number of pyridine rings is 1. The second-order valence-corrected chi connectivity index (χ2v) is 9.41. The Kier molecular flexibility index (Phi) is 7.36. The number of Topliss-reactive ketones (excluding diaryl/α,β-unsaturated/α-hetero) is 1. The van der Waals surface area contributed by atoms with E-state index in [1.165, 1.54) is 12.1 Å². The van der Waals surface area contributed by atoms with E-state index in [1.807, 2.05) is 18.2 Å². The zero-order valence-electron chi connectivity index (χ0n) is 20.4. The molecule has 3 aromatic rings. The molecule has 1 aromatic heterocycles. The van der Waals surface area contributed by atoms with E-state index in [-0.39, 0.29) is 36.2 Å². The Bertz CT molecular complexity index is 1240. The summed E-state index contributed by atoms with van der Waals surface area (Å²) in [4.78, 5) is 17.7. The summed E-state index contributed by atoms with van der Waals surface area (Å²) in [5.74, 6) is 0.420. The summed E-state index contributed by atoms with van der Waals surface area (Å²) in [6, 6.07) is 10.2. The standard InChI is InChI=1S/C28H32FN3O3/c1-4-16(2)19(15-33)7-5-18-6-8-22-20(12-18)13-26(35)27-23(9-10-30-28(27)32-22)31-24-14-25(34)17(3)11-21(24)29/h6,8-12,14,16,19,33-34H,4-5,7,13,15H2,1-3H3,(H2,30,31,32)/t16-,19-/m1/s1. The smallest absolute Gasteiger partial charge is 0.173 e. The van der Waals surface area contributed by atoms with Gasteiger partial charge in [-0.1, -0.05) is 32.4 Å². The van der Waals surface area contributed by atoms with Crippen LogP contribution in [0.1, 0.15) is 53.7 Å². The second-order valence-electron chi connectivity index (χ2n) is 9.41. The highest BCUT2D eigenvalue weighted by Crippen LogP contribution is 2.36. The molecule has 1 aliphatic heterocycles. The van der Waals surface area contributed by atoms with Gasteiger partial charge in [-0.15, -0.1) is 0 Å². The zero-order valence-corrected chi connectivity index (χ0v) is 20.4. The van der Waals surface area contributed by atoms with Crippen molar-refractivity contribution in [2.45, 2.75) is 46.5 Å². The number of anilines is 4. The van der Waals surface area contributed by atoms with Crippen molar-refractivity contribution in [2.24, 2.45) is 11.8 Å². The summed E-state index contributed by atoms with van der Waals surface area (Å²) in [6.07, 6.45) is 4.47. The molecule has 0 amide bonds. The Morgan fingerprint density at radius 1 is 1.20 bits per heavy atom. The molecule has 1 aliphatic rings. The van der Waals surface area contributed by atoms with Crippen LogP contribution in [0.4, 0.5) is 27.3 Å². The molecular formula is C28H32FN3O3. The largest absolute Gasteiger partial charge is 0.508 e. The minimum Gasteiger partial charge on any atom is -0.508 e. The Balaban J connectivity index is 1.59. The van der Waals surface area contributed by atoms with Crippen LogP contribution in [0.15, 0.2) is 42.6 Å². The molecule has 4 rings (SSSR count). The number of aromatic nitrogens is 1. The number of phenolic OH excluding ortho intramolecular Hbond substituents is 1. The monoisotopic (exact) mass is 477 g/mol. The fourth-order valence-electron chi connectivity index (χ4n) is 4.55. The number of nitrogens with one attached hydrogen (secondary N) is 2. The molecule has 7 heteroatoms. The number of halogens is 1. The molecule has 0 spiro atoms.